The van der Waals surface area contributed by atoms with Gasteiger partial charge in [0.25, 0.3) is 0 Å². The predicted octanol–water partition coefficient (Wildman–Crippen LogP) is 2.08. The van der Waals surface area contributed by atoms with E-state index in [1.54, 1.807) is 24.1 Å². The summed E-state index contributed by atoms with van der Waals surface area (Å²) in [5.41, 5.74) is -0.301. The Labute approximate surface area is 131 Å². The van der Waals surface area contributed by atoms with E-state index in [2.05, 4.69) is 5.32 Å². The minimum absolute atomic E-state index is 0. The second-order valence-electron chi connectivity index (χ2n) is 5.52. The minimum Gasteiger partial charge on any atom is -0.492 e. The number of benzene rings is 1. The summed E-state index contributed by atoms with van der Waals surface area (Å²) in [6, 6.07) is 5.88. The molecular formula is C15H22ClFN2O2. The van der Waals surface area contributed by atoms with Crippen LogP contribution in [-0.4, -0.2) is 44.1 Å². The molecule has 0 radical (unpaired) electrons. The summed E-state index contributed by atoms with van der Waals surface area (Å²) in [6.07, 6.45) is 0.870. The zero-order chi connectivity index (χ0) is 14.6. The third-order valence-corrected chi connectivity index (χ3v) is 3.74. The number of halogens is 2. The molecule has 0 aromatic heterocycles. The highest BCUT2D eigenvalue weighted by Crippen LogP contribution is 2.26. The lowest BCUT2D eigenvalue weighted by Gasteiger charge is -2.28. The first-order valence-electron chi connectivity index (χ1n) is 6.86. The Morgan fingerprint density at radius 3 is 2.67 bits per heavy atom. The van der Waals surface area contributed by atoms with Crippen LogP contribution in [0.1, 0.15) is 13.3 Å². The van der Waals surface area contributed by atoms with E-state index in [1.807, 2.05) is 6.92 Å². The third-order valence-electron chi connectivity index (χ3n) is 3.74. The summed E-state index contributed by atoms with van der Waals surface area (Å²) in [4.78, 5) is 14.0. The Balaban J connectivity index is 0.00000220. The van der Waals surface area contributed by atoms with Gasteiger partial charge < -0.3 is 15.0 Å². The average molecular weight is 317 g/mol. The quantitative estimate of drug-likeness (QED) is 0.904. The highest BCUT2D eigenvalue weighted by molar-refractivity contribution is 5.85. The Kier molecular flexibility index (Phi) is 6.42. The number of carbonyl (C=O) groups excluding carboxylic acids is 1. The van der Waals surface area contributed by atoms with E-state index in [1.165, 1.54) is 12.1 Å². The summed E-state index contributed by atoms with van der Waals surface area (Å²) in [5, 5.41) is 3.22. The molecule has 21 heavy (non-hydrogen) atoms. The van der Waals surface area contributed by atoms with Gasteiger partial charge in [0, 0.05) is 13.6 Å². The number of carbonyl (C=O) groups is 1. The van der Waals surface area contributed by atoms with Crippen molar-refractivity contribution in [3.05, 3.63) is 30.1 Å². The van der Waals surface area contributed by atoms with Crippen molar-refractivity contribution < 1.29 is 13.9 Å². The van der Waals surface area contributed by atoms with Gasteiger partial charge in [-0.05, 0) is 44.2 Å². The van der Waals surface area contributed by atoms with Crippen LogP contribution in [-0.2, 0) is 4.79 Å². The third kappa shape index (κ3) is 4.58. The van der Waals surface area contributed by atoms with Crippen molar-refractivity contribution in [3.63, 3.8) is 0 Å². The highest BCUT2D eigenvalue weighted by Gasteiger charge is 2.37. The molecule has 1 amide bonds. The summed E-state index contributed by atoms with van der Waals surface area (Å²) >= 11 is 0. The minimum atomic E-state index is -0.301. The molecule has 0 spiro atoms. The summed E-state index contributed by atoms with van der Waals surface area (Å²) in [5.74, 6) is 0.470. The fourth-order valence-electron chi connectivity index (χ4n) is 2.39. The van der Waals surface area contributed by atoms with Gasteiger partial charge in [-0.2, -0.15) is 0 Å². The van der Waals surface area contributed by atoms with E-state index in [-0.39, 0.29) is 29.5 Å². The van der Waals surface area contributed by atoms with Crippen molar-refractivity contribution in [1.29, 1.82) is 0 Å². The van der Waals surface area contributed by atoms with E-state index in [9.17, 15) is 9.18 Å². The highest BCUT2D eigenvalue weighted by atomic mass is 35.5. The number of likely N-dealkylation sites (N-methyl/N-ethyl adjacent to an activating group) is 1. The van der Waals surface area contributed by atoms with Gasteiger partial charge in [-0.3, -0.25) is 4.79 Å². The zero-order valence-corrected chi connectivity index (χ0v) is 13.2. The molecule has 1 aliphatic rings. The van der Waals surface area contributed by atoms with E-state index in [0.717, 1.165) is 19.5 Å². The van der Waals surface area contributed by atoms with Gasteiger partial charge in [-0.1, -0.05) is 0 Å². The van der Waals surface area contributed by atoms with Gasteiger partial charge in [-0.25, -0.2) is 4.39 Å². The molecule has 118 valence electrons. The number of ether oxygens (including phenoxy) is 1. The fourth-order valence-corrected chi connectivity index (χ4v) is 2.39. The molecule has 1 saturated heterocycles. The average Bonchev–Trinajstić information content (AvgIpc) is 2.88. The van der Waals surface area contributed by atoms with Gasteiger partial charge in [0.05, 0.1) is 12.0 Å². The van der Waals surface area contributed by atoms with Crippen molar-refractivity contribution in [2.75, 3.05) is 33.3 Å². The molecule has 0 bridgehead atoms. The summed E-state index contributed by atoms with van der Waals surface area (Å²) < 4.78 is 18.2. The molecule has 2 rings (SSSR count). The van der Waals surface area contributed by atoms with Crippen molar-refractivity contribution >= 4 is 18.3 Å². The lowest BCUT2D eigenvalue weighted by Crippen LogP contribution is -2.43. The molecular weight excluding hydrogens is 295 g/mol. The molecule has 1 heterocycles. The van der Waals surface area contributed by atoms with Gasteiger partial charge in [-0.15, -0.1) is 12.4 Å². The Hall–Kier alpha value is -1.33. The molecule has 4 nitrogen and oxygen atoms in total. The van der Waals surface area contributed by atoms with Crippen LogP contribution >= 0.6 is 12.4 Å². The number of nitrogens with one attached hydrogen (secondary N) is 1. The predicted molar refractivity (Wildman–Crippen MR) is 82.4 cm³/mol. The first-order valence-corrected chi connectivity index (χ1v) is 6.86. The molecule has 6 heteroatoms. The van der Waals surface area contributed by atoms with Gasteiger partial charge in [0.15, 0.2) is 0 Å². The van der Waals surface area contributed by atoms with Crippen LogP contribution in [0.5, 0.6) is 5.75 Å². The molecule has 1 N–H and O–H groups in total. The topological polar surface area (TPSA) is 41.6 Å². The van der Waals surface area contributed by atoms with Crippen molar-refractivity contribution in [2.24, 2.45) is 5.41 Å². The SMILES string of the molecule is CN(CCOc1ccc(F)cc1)C(=O)C1(C)CCNC1.Cl. The second-order valence-corrected chi connectivity index (χ2v) is 5.52. The van der Waals surface area contributed by atoms with E-state index in [0.29, 0.717) is 18.9 Å². The van der Waals surface area contributed by atoms with Crippen LogP contribution in [0.2, 0.25) is 0 Å². The number of nitrogens with zero attached hydrogens (tertiary/aromatic N) is 1. The number of hydrogen-bond acceptors (Lipinski definition) is 3. The molecule has 0 aliphatic carbocycles. The normalized spacial score (nSPS) is 20.7. The smallest absolute Gasteiger partial charge is 0.229 e. The van der Waals surface area contributed by atoms with Crippen LogP contribution in [0.3, 0.4) is 0 Å². The maximum atomic E-state index is 12.7. The number of amides is 1. The zero-order valence-electron chi connectivity index (χ0n) is 12.4. The second kappa shape index (κ2) is 7.61. The standard InChI is InChI=1S/C15H21FN2O2.ClH/c1-15(7-8-17-11-15)14(19)18(2)9-10-20-13-5-3-12(16)4-6-13;/h3-6,17H,7-11H2,1-2H3;1H. The fraction of sp³-hybridized carbons (Fsp3) is 0.533. The monoisotopic (exact) mass is 316 g/mol. The Morgan fingerprint density at radius 1 is 1.43 bits per heavy atom. The van der Waals surface area contributed by atoms with Crippen molar-refractivity contribution in [1.82, 2.24) is 10.2 Å². The van der Waals surface area contributed by atoms with E-state index in [4.69, 9.17) is 4.74 Å². The summed E-state index contributed by atoms with van der Waals surface area (Å²) in [7, 11) is 1.79. The van der Waals surface area contributed by atoms with Gasteiger partial charge >= 0.3 is 0 Å². The molecule has 1 aromatic carbocycles. The number of hydrogen-bond donors (Lipinski definition) is 1. The molecule has 1 atom stereocenters. The van der Waals surface area contributed by atoms with Crippen LogP contribution in [0, 0.1) is 11.2 Å². The molecule has 1 unspecified atom stereocenters. The van der Waals surface area contributed by atoms with Crippen molar-refractivity contribution in [3.8, 4) is 5.75 Å². The van der Waals surface area contributed by atoms with Crippen LogP contribution < -0.4 is 10.1 Å². The maximum absolute atomic E-state index is 12.7. The van der Waals surface area contributed by atoms with Crippen LogP contribution in [0.15, 0.2) is 24.3 Å². The van der Waals surface area contributed by atoms with E-state index >= 15 is 0 Å². The van der Waals surface area contributed by atoms with Gasteiger partial charge in [0.2, 0.25) is 5.91 Å². The number of rotatable bonds is 5. The largest absolute Gasteiger partial charge is 0.492 e. The van der Waals surface area contributed by atoms with Crippen molar-refractivity contribution in [2.45, 2.75) is 13.3 Å². The molecule has 1 aromatic rings. The molecule has 1 aliphatic heterocycles. The lowest BCUT2D eigenvalue weighted by atomic mass is 9.88. The first kappa shape index (κ1) is 17.7. The molecule has 1 fully saturated rings. The van der Waals surface area contributed by atoms with Gasteiger partial charge in [0.1, 0.15) is 18.2 Å². The summed E-state index contributed by atoms with van der Waals surface area (Å²) in [6.45, 7) is 4.53. The first-order chi connectivity index (χ1) is 9.51. The van der Waals surface area contributed by atoms with E-state index < -0.39 is 0 Å². The van der Waals surface area contributed by atoms with Crippen LogP contribution in [0.25, 0.3) is 0 Å². The van der Waals surface area contributed by atoms with Crippen LogP contribution in [0.4, 0.5) is 4.39 Å². The lowest BCUT2D eigenvalue weighted by molar-refractivity contribution is -0.139. The maximum Gasteiger partial charge on any atom is 0.229 e. The Morgan fingerprint density at radius 2 is 2.10 bits per heavy atom. The Bertz CT molecular complexity index is 461. The molecule has 0 saturated carbocycles.